The first-order chi connectivity index (χ1) is 13.1. The zero-order valence-corrected chi connectivity index (χ0v) is 16.8. The van der Waals surface area contributed by atoms with E-state index in [1.807, 2.05) is 49.4 Å². The number of nitrogens with one attached hydrogen (secondary N) is 1. The van der Waals surface area contributed by atoms with Crippen molar-refractivity contribution in [2.24, 2.45) is 0 Å². The molecule has 3 aromatic rings. The van der Waals surface area contributed by atoms with Gasteiger partial charge in [0.2, 0.25) is 5.91 Å². The fraction of sp³-hybridized carbons (Fsp3) is 0.250. The summed E-state index contributed by atoms with van der Waals surface area (Å²) in [5.41, 5.74) is 2.61. The fourth-order valence-electron chi connectivity index (χ4n) is 2.68. The Labute approximate surface area is 168 Å². The fourth-order valence-corrected chi connectivity index (χ4v) is 3.62. The van der Waals surface area contributed by atoms with Crippen molar-refractivity contribution in [3.8, 4) is 11.4 Å². The first-order valence-electron chi connectivity index (χ1n) is 8.76. The zero-order valence-electron chi connectivity index (χ0n) is 15.3. The molecule has 0 radical (unpaired) electrons. The minimum atomic E-state index is -0.0994. The molecule has 1 amide bonds. The summed E-state index contributed by atoms with van der Waals surface area (Å²) >= 11 is 7.49. The van der Waals surface area contributed by atoms with Gasteiger partial charge in [0, 0.05) is 22.8 Å². The number of carbonyl (C=O) groups is 1. The van der Waals surface area contributed by atoms with E-state index >= 15 is 0 Å². The van der Waals surface area contributed by atoms with Crippen LogP contribution in [-0.4, -0.2) is 26.4 Å². The molecule has 0 spiro atoms. The van der Waals surface area contributed by atoms with Crippen LogP contribution < -0.4 is 5.32 Å². The Bertz CT molecular complexity index is 927. The summed E-state index contributed by atoms with van der Waals surface area (Å²) < 4.78 is 2.07. The highest BCUT2D eigenvalue weighted by molar-refractivity contribution is 7.99. The molecular weight excluding hydrogens is 380 g/mol. The number of aromatic nitrogens is 3. The highest BCUT2D eigenvalue weighted by atomic mass is 35.5. The summed E-state index contributed by atoms with van der Waals surface area (Å²) in [4.78, 5) is 12.4. The number of amides is 1. The van der Waals surface area contributed by atoms with Gasteiger partial charge < -0.3 is 9.88 Å². The van der Waals surface area contributed by atoms with E-state index in [4.69, 9.17) is 11.6 Å². The Kier molecular flexibility index (Phi) is 6.53. The lowest BCUT2D eigenvalue weighted by molar-refractivity contribution is -0.113. The minimum Gasteiger partial charge on any atom is -0.325 e. The van der Waals surface area contributed by atoms with Gasteiger partial charge in [0.15, 0.2) is 11.0 Å². The van der Waals surface area contributed by atoms with Crippen LogP contribution in [0.1, 0.15) is 18.9 Å². The molecule has 2 aromatic carbocycles. The van der Waals surface area contributed by atoms with Gasteiger partial charge in [-0.2, -0.15) is 0 Å². The van der Waals surface area contributed by atoms with Gasteiger partial charge in [0.25, 0.3) is 0 Å². The van der Waals surface area contributed by atoms with Crippen molar-refractivity contribution in [3.63, 3.8) is 0 Å². The van der Waals surface area contributed by atoms with Crippen molar-refractivity contribution >= 4 is 35.0 Å². The topological polar surface area (TPSA) is 59.8 Å². The van der Waals surface area contributed by atoms with Gasteiger partial charge in [-0.25, -0.2) is 0 Å². The van der Waals surface area contributed by atoms with E-state index in [0.717, 1.165) is 40.8 Å². The molecule has 0 aliphatic heterocycles. The van der Waals surface area contributed by atoms with E-state index < -0.39 is 0 Å². The maximum atomic E-state index is 12.4. The molecule has 140 valence electrons. The van der Waals surface area contributed by atoms with Crippen LogP contribution in [0, 0.1) is 6.92 Å². The van der Waals surface area contributed by atoms with Gasteiger partial charge in [0.1, 0.15) is 0 Å². The maximum absolute atomic E-state index is 12.4. The lowest BCUT2D eigenvalue weighted by atomic mass is 10.2. The Morgan fingerprint density at radius 3 is 2.67 bits per heavy atom. The van der Waals surface area contributed by atoms with E-state index in [-0.39, 0.29) is 11.7 Å². The molecule has 27 heavy (non-hydrogen) atoms. The third-order valence-corrected chi connectivity index (χ3v) is 5.45. The number of thioether (sulfide) groups is 1. The molecule has 0 saturated carbocycles. The SMILES string of the molecule is CCCn1c(SCC(=O)Nc2cccc(Cl)c2C)nnc1-c1ccccc1. The molecule has 0 bridgehead atoms. The van der Waals surface area contributed by atoms with Crippen molar-refractivity contribution in [2.75, 3.05) is 11.1 Å². The summed E-state index contributed by atoms with van der Waals surface area (Å²) in [5, 5.41) is 12.9. The number of hydrogen-bond acceptors (Lipinski definition) is 4. The van der Waals surface area contributed by atoms with Gasteiger partial charge in [-0.3, -0.25) is 4.79 Å². The Morgan fingerprint density at radius 2 is 1.93 bits per heavy atom. The molecular formula is C20H21ClN4OS. The monoisotopic (exact) mass is 400 g/mol. The molecule has 3 rings (SSSR count). The van der Waals surface area contributed by atoms with Gasteiger partial charge in [-0.1, -0.05) is 66.7 Å². The normalized spacial score (nSPS) is 10.8. The number of nitrogens with zero attached hydrogens (tertiary/aromatic N) is 3. The number of anilines is 1. The molecule has 1 N–H and O–H groups in total. The molecule has 5 nitrogen and oxygen atoms in total. The van der Waals surface area contributed by atoms with Gasteiger partial charge in [-0.15, -0.1) is 10.2 Å². The Balaban J connectivity index is 1.71. The van der Waals surface area contributed by atoms with Crippen LogP contribution in [0.5, 0.6) is 0 Å². The molecule has 0 aliphatic carbocycles. The molecule has 0 fully saturated rings. The molecule has 0 aliphatic rings. The van der Waals surface area contributed by atoms with E-state index in [0.29, 0.717) is 5.02 Å². The third kappa shape index (κ3) is 4.70. The van der Waals surface area contributed by atoms with Crippen molar-refractivity contribution < 1.29 is 4.79 Å². The van der Waals surface area contributed by atoms with Gasteiger partial charge in [-0.05, 0) is 31.0 Å². The number of carbonyl (C=O) groups excluding carboxylic acids is 1. The summed E-state index contributed by atoms with van der Waals surface area (Å²) in [5.74, 6) is 0.978. The zero-order chi connectivity index (χ0) is 19.2. The van der Waals surface area contributed by atoms with Crippen molar-refractivity contribution in [1.29, 1.82) is 0 Å². The summed E-state index contributed by atoms with van der Waals surface area (Å²) in [6.07, 6.45) is 0.958. The van der Waals surface area contributed by atoms with Crippen LogP contribution in [0.25, 0.3) is 11.4 Å². The second-order valence-electron chi connectivity index (χ2n) is 6.07. The first kappa shape index (κ1) is 19.5. The number of hydrogen-bond donors (Lipinski definition) is 1. The largest absolute Gasteiger partial charge is 0.325 e. The quantitative estimate of drug-likeness (QED) is 0.564. The molecule has 0 unspecified atom stereocenters. The lowest BCUT2D eigenvalue weighted by Gasteiger charge is -2.10. The smallest absolute Gasteiger partial charge is 0.234 e. The second kappa shape index (κ2) is 9.06. The van der Waals surface area contributed by atoms with Crippen LogP contribution >= 0.6 is 23.4 Å². The Hall–Kier alpha value is -2.31. The summed E-state index contributed by atoms with van der Waals surface area (Å²) in [6, 6.07) is 15.4. The van der Waals surface area contributed by atoms with Crippen molar-refractivity contribution in [1.82, 2.24) is 14.8 Å². The van der Waals surface area contributed by atoms with Crippen LogP contribution in [-0.2, 0) is 11.3 Å². The lowest BCUT2D eigenvalue weighted by Crippen LogP contribution is -2.15. The molecule has 0 saturated heterocycles. The van der Waals surface area contributed by atoms with Crippen LogP contribution in [0.2, 0.25) is 5.02 Å². The predicted octanol–water partition coefficient (Wildman–Crippen LogP) is 5.05. The van der Waals surface area contributed by atoms with E-state index in [9.17, 15) is 4.79 Å². The van der Waals surface area contributed by atoms with Crippen molar-refractivity contribution in [2.45, 2.75) is 32.0 Å². The van der Waals surface area contributed by atoms with Gasteiger partial charge >= 0.3 is 0 Å². The minimum absolute atomic E-state index is 0.0994. The summed E-state index contributed by atoms with van der Waals surface area (Å²) in [6.45, 7) is 4.79. The van der Waals surface area contributed by atoms with Crippen LogP contribution in [0.3, 0.4) is 0 Å². The van der Waals surface area contributed by atoms with Crippen LogP contribution in [0.15, 0.2) is 53.7 Å². The van der Waals surface area contributed by atoms with E-state index in [1.54, 1.807) is 6.07 Å². The highest BCUT2D eigenvalue weighted by Crippen LogP contribution is 2.26. The average molecular weight is 401 g/mol. The number of halogens is 1. The van der Waals surface area contributed by atoms with E-state index in [2.05, 4.69) is 27.0 Å². The van der Waals surface area contributed by atoms with E-state index in [1.165, 1.54) is 11.8 Å². The summed E-state index contributed by atoms with van der Waals surface area (Å²) in [7, 11) is 0. The molecule has 1 heterocycles. The Morgan fingerprint density at radius 1 is 1.15 bits per heavy atom. The maximum Gasteiger partial charge on any atom is 0.234 e. The third-order valence-electron chi connectivity index (χ3n) is 4.07. The first-order valence-corrected chi connectivity index (χ1v) is 10.1. The molecule has 0 atom stereocenters. The van der Waals surface area contributed by atoms with Crippen molar-refractivity contribution in [3.05, 3.63) is 59.1 Å². The van der Waals surface area contributed by atoms with Crippen LogP contribution in [0.4, 0.5) is 5.69 Å². The average Bonchev–Trinajstić information content (AvgIpc) is 3.07. The van der Waals surface area contributed by atoms with Gasteiger partial charge in [0.05, 0.1) is 5.75 Å². The highest BCUT2D eigenvalue weighted by Gasteiger charge is 2.15. The number of benzene rings is 2. The molecule has 1 aromatic heterocycles. The number of rotatable bonds is 7. The predicted molar refractivity (Wildman–Crippen MR) is 111 cm³/mol. The second-order valence-corrected chi connectivity index (χ2v) is 7.42. The standard InChI is InChI=1S/C20H21ClN4OS/c1-3-12-25-19(15-8-5-4-6-9-15)23-24-20(25)27-13-18(26)22-17-11-7-10-16(21)14(17)2/h4-11H,3,12-13H2,1-2H3,(H,22,26). The molecule has 7 heteroatoms.